The van der Waals surface area contributed by atoms with Crippen LogP contribution in [-0.4, -0.2) is 24.4 Å². The summed E-state index contributed by atoms with van der Waals surface area (Å²) in [5.74, 6) is -0.186. The van der Waals surface area contributed by atoms with Gasteiger partial charge < -0.3 is 15.2 Å². The van der Waals surface area contributed by atoms with Crippen LogP contribution in [0.1, 0.15) is 18.4 Å². The highest BCUT2D eigenvalue weighted by atomic mass is 19.1. The molecule has 0 aliphatic heterocycles. The van der Waals surface area contributed by atoms with Crippen LogP contribution in [-0.2, 0) is 11.3 Å². The molecular weight excluding hydrogens is 209 g/mol. The quantitative estimate of drug-likeness (QED) is 0.821. The van der Waals surface area contributed by atoms with Crippen LogP contribution in [0.25, 0.3) is 0 Å². The van der Waals surface area contributed by atoms with Crippen molar-refractivity contribution in [1.29, 1.82) is 0 Å². The van der Waals surface area contributed by atoms with E-state index in [0.29, 0.717) is 24.3 Å². The van der Waals surface area contributed by atoms with Gasteiger partial charge in [-0.2, -0.15) is 0 Å². The monoisotopic (exact) mass is 225 g/mol. The van der Waals surface area contributed by atoms with Crippen LogP contribution in [0.2, 0.25) is 0 Å². The SMILES string of the molecule is COC1CC(NCc2cc(F)ccc2O)C1. The smallest absolute Gasteiger partial charge is 0.123 e. The molecule has 1 aromatic carbocycles. The molecule has 16 heavy (non-hydrogen) atoms. The van der Waals surface area contributed by atoms with Crippen LogP contribution in [0.15, 0.2) is 18.2 Å². The maximum atomic E-state index is 12.9. The van der Waals surface area contributed by atoms with E-state index in [1.165, 1.54) is 18.2 Å². The van der Waals surface area contributed by atoms with Gasteiger partial charge in [0.1, 0.15) is 11.6 Å². The summed E-state index contributed by atoms with van der Waals surface area (Å²) < 4.78 is 18.1. The molecule has 1 aliphatic rings. The molecule has 3 nitrogen and oxygen atoms in total. The van der Waals surface area contributed by atoms with Gasteiger partial charge in [-0.05, 0) is 31.0 Å². The molecule has 88 valence electrons. The maximum Gasteiger partial charge on any atom is 0.123 e. The number of phenols is 1. The van der Waals surface area contributed by atoms with Gasteiger partial charge in [0.15, 0.2) is 0 Å². The van der Waals surface area contributed by atoms with Crippen molar-refractivity contribution in [2.75, 3.05) is 7.11 Å². The van der Waals surface area contributed by atoms with Crippen LogP contribution in [0.3, 0.4) is 0 Å². The first-order valence-corrected chi connectivity index (χ1v) is 5.42. The Morgan fingerprint density at radius 3 is 2.94 bits per heavy atom. The van der Waals surface area contributed by atoms with Crippen LogP contribution in [0.4, 0.5) is 4.39 Å². The third-order valence-corrected chi connectivity index (χ3v) is 3.05. The van der Waals surface area contributed by atoms with Gasteiger partial charge in [0.25, 0.3) is 0 Å². The van der Waals surface area contributed by atoms with Crippen LogP contribution >= 0.6 is 0 Å². The second-order valence-corrected chi connectivity index (χ2v) is 4.18. The topological polar surface area (TPSA) is 41.5 Å². The minimum atomic E-state index is -0.321. The Morgan fingerprint density at radius 1 is 1.50 bits per heavy atom. The summed E-state index contributed by atoms with van der Waals surface area (Å²) in [5.41, 5.74) is 0.598. The number of benzene rings is 1. The number of rotatable bonds is 4. The van der Waals surface area contributed by atoms with Crippen molar-refractivity contribution in [3.63, 3.8) is 0 Å². The Balaban J connectivity index is 1.83. The highest BCUT2D eigenvalue weighted by Crippen LogP contribution is 2.24. The highest BCUT2D eigenvalue weighted by molar-refractivity contribution is 5.32. The van der Waals surface area contributed by atoms with Crippen molar-refractivity contribution in [1.82, 2.24) is 5.32 Å². The number of ether oxygens (including phenoxy) is 1. The fourth-order valence-electron chi connectivity index (χ4n) is 1.87. The summed E-state index contributed by atoms with van der Waals surface area (Å²) in [7, 11) is 1.71. The minimum absolute atomic E-state index is 0.136. The zero-order valence-electron chi connectivity index (χ0n) is 9.24. The first-order chi connectivity index (χ1) is 7.69. The van der Waals surface area contributed by atoms with Gasteiger partial charge in [0, 0.05) is 25.3 Å². The number of nitrogens with one attached hydrogen (secondary N) is 1. The van der Waals surface area contributed by atoms with Gasteiger partial charge in [-0.25, -0.2) is 4.39 Å². The molecule has 2 N–H and O–H groups in total. The van der Waals surface area contributed by atoms with Crippen molar-refractivity contribution in [3.05, 3.63) is 29.6 Å². The predicted molar refractivity (Wildman–Crippen MR) is 58.7 cm³/mol. The lowest BCUT2D eigenvalue weighted by atomic mass is 9.89. The molecule has 1 aliphatic carbocycles. The van der Waals surface area contributed by atoms with Gasteiger partial charge in [0.2, 0.25) is 0 Å². The molecule has 0 amide bonds. The van der Waals surface area contributed by atoms with E-state index < -0.39 is 0 Å². The standard InChI is InChI=1S/C12H16FNO2/c1-16-11-5-10(6-11)14-7-8-4-9(13)2-3-12(8)15/h2-4,10-11,14-15H,5-7H2,1H3. The van der Waals surface area contributed by atoms with Gasteiger partial charge in [0.05, 0.1) is 6.10 Å². The minimum Gasteiger partial charge on any atom is -0.508 e. The van der Waals surface area contributed by atoms with Crippen molar-refractivity contribution < 1.29 is 14.2 Å². The number of phenolic OH excluding ortho intramolecular Hbond substituents is 1. The lowest BCUT2D eigenvalue weighted by Gasteiger charge is -2.34. The zero-order chi connectivity index (χ0) is 11.5. The number of hydrogen-bond donors (Lipinski definition) is 2. The van der Waals surface area contributed by atoms with Crippen LogP contribution in [0.5, 0.6) is 5.75 Å². The normalized spacial score (nSPS) is 24.1. The van der Waals surface area contributed by atoms with E-state index in [1.807, 2.05) is 0 Å². The summed E-state index contributed by atoms with van der Waals surface area (Å²) in [6.07, 6.45) is 2.30. The van der Waals surface area contributed by atoms with E-state index >= 15 is 0 Å². The molecule has 1 aromatic rings. The zero-order valence-corrected chi connectivity index (χ0v) is 9.24. The average molecular weight is 225 g/mol. The first-order valence-electron chi connectivity index (χ1n) is 5.42. The average Bonchev–Trinajstić information content (AvgIpc) is 2.21. The van der Waals surface area contributed by atoms with Gasteiger partial charge in [-0.3, -0.25) is 0 Å². The fourth-order valence-corrected chi connectivity index (χ4v) is 1.87. The van der Waals surface area contributed by atoms with E-state index in [-0.39, 0.29) is 11.6 Å². The Hall–Kier alpha value is -1.13. The Labute approximate surface area is 94.2 Å². The van der Waals surface area contributed by atoms with Gasteiger partial charge in [-0.15, -0.1) is 0 Å². The Kier molecular flexibility index (Phi) is 3.41. The number of halogens is 1. The Morgan fingerprint density at radius 2 is 2.25 bits per heavy atom. The molecule has 4 heteroatoms. The third-order valence-electron chi connectivity index (χ3n) is 3.05. The lowest BCUT2D eigenvalue weighted by molar-refractivity contribution is 0.0169. The second kappa shape index (κ2) is 4.80. The summed E-state index contributed by atoms with van der Waals surface area (Å²) in [6.45, 7) is 0.491. The molecule has 2 rings (SSSR count). The van der Waals surface area contributed by atoms with Crippen molar-refractivity contribution in [2.24, 2.45) is 0 Å². The lowest BCUT2D eigenvalue weighted by Crippen LogP contribution is -2.44. The summed E-state index contributed by atoms with van der Waals surface area (Å²) in [4.78, 5) is 0. The Bertz CT molecular complexity index is 364. The molecule has 1 saturated carbocycles. The van der Waals surface area contributed by atoms with Crippen LogP contribution < -0.4 is 5.32 Å². The predicted octanol–water partition coefficient (Wildman–Crippen LogP) is 1.80. The second-order valence-electron chi connectivity index (χ2n) is 4.18. The van der Waals surface area contributed by atoms with E-state index in [4.69, 9.17) is 4.74 Å². The van der Waals surface area contributed by atoms with Gasteiger partial charge in [-0.1, -0.05) is 0 Å². The molecule has 0 heterocycles. The highest BCUT2D eigenvalue weighted by Gasteiger charge is 2.28. The molecule has 0 saturated heterocycles. The van der Waals surface area contributed by atoms with Crippen molar-refractivity contribution in [2.45, 2.75) is 31.5 Å². The first kappa shape index (κ1) is 11.4. The third kappa shape index (κ3) is 2.51. The fraction of sp³-hybridized carbons (Fsp3) is 0.500. The molecule has 0 radical (unpaired) electrons. The number of methoxy groups -OCH3 is 1. The maximum absolute atomic E-state index is 12.9. The number of hydrogen-bond acceptors (Lipinski definition) is 3. The van der Waals surface area contributed by atoms with E-state index in [1.54, 1.807) is 7.11 Å². The van der Waals surface area contributed by atoms with E-state index in [0.717, 1.165) is 12.8 Å². The summed E-state index contributed by atoms with van der Waals surface area (Å²) in [5, 5.41) is 12.8. The van der Waals surface area contributed by atoms with E-state index in [9.17, 15) is 9.50 Å². The molecule has 1 fully saturated rings. The molecule has 0 spiro atoms. The number of aromatic hydroxyl groups is 1. The van der Waals surface area contributed by atoms with E-state index in [2.05, 4.69) is 5.32 Å². The molecule has 0 bridgehead atoms. The van der Waals surface area contributed by atoms with Gasteiger partial charge >= 0.3 is 0 Å². The largest absolute Gasteiger partial charge is 0.508 e. The molecule has 0 unspecified atom stereocenters. The summed E-state index contributed by atoms with van der Waals surface area (Å²) in [6, 6.07) is 4.40. The van der Waals surface area contributed by atoms with Crippen LogP contribution in [0, 0.1) is 5.82 Å². The molecule has 0 aromatic heterocycles. The molecule has 0 atom stereocenters. The summed E-state index contributed by atoms with van der Waals surface area (Å²) >= 11 is 0. The molecular formula is C12H16FNO2. The van der Waals surface area contributed by atoms with Crippen molar-refractivity contribution >= 4 is 0 Å². The van der Waals surface area contributed by atoms with Crippen molar-refractivity contribution in [3.8, 4) is 5.75 Å².